The molecule has 0 saturated carbocycles. The van der Waals surface area contributed by atoms with E-state index in [4.69, 9.17) is 10.9 Å². The van der Waals surface area contributed by atoms with Gasteiger partial charge in [-0.15, -0.1) is 0 Å². The lowest BCUT2D eigenvalue weighted by Gasteiger charge is -2.05. The van der Waals surface area contributed by atoms with Gasteiger partial charge in [-0.1, -0.05) is 24.9 Å². The van der Waals surface area contributed by atoms with Crippen LogP contribution in [0.1, 0.15) is 37.3 Å². The van der Waals surface area contributed by atoms with Gasteiger partial charge >= 0.3 is 0 Å². The summed E-state index contributed by atoms with van der Waals surface area (Å²) in [6.07, 6.45) is 3.61. The summed E-state index contributed by atoms with van der Waals surface area (Å²) in [5.41, 5.74) is 6.73. The van der Waals surface area contributed by atoms with Gasteiger partial charge in [-0.2, -0.15) is 11.8 Å². The predicted molar refractivity (Wildman–Crippen MR) is 74.6 cm³/mol. The second kappa shape index (κ2) is 7.97. The fourth-order valence-electron chi connectivity index (χ4n) is 1.58. The minimum absolute atomic E-state index is 0.0632. The van der Waals surface area contributed by atoms with Gasteiger partial charge in [0.2, 0.25) is 0 Å². The molecule has 1 rings (SSSR count). The molecule has 0 unspecified atom stereocenters. The summed E-state index contributed by atoms with van der Waals surface area (Å²) in [5, 5.41) is 11.5. The Morgan fingerprint density at radius 2 is 2.17 bits per heavy atom. The highest BCUT2D eigenvalue weighted by atomic mass is 32.2. The van der Waals surface area contributed by atoms with E-state index in [0.29, 0.717) is 5.56 Å². The number of nitrogens with zero attached hydrogens (tertiary/aromatic N) is 1. The molecule has 0 aliphatic carbocycles. The molecule has 0 aromatic heterocycles. The number of benzene rings is 1. The Morgan fingerprint density at radius 3 is 2.83 bits per heavy atom. The van der Waals surface area contributed by atoms with Crippen LogP contribution in [-0.4, -0.2) is 16.8 Å². The zero-order chi connectivity index (χ0) is 13.4. The zero-order valence-corrected chi connectivity index (χ0v) is 11.3. The van der Waals surface area contributed by atoms with Gasteiger partial charge in [-0.3, -0.25) is 0 Å². The molecule has 0 heterocycles. The fraction of sp³-hybridized carbons (Fsp3) is 0.462. The van der Waals surface area contributed by atoms with Crippen molar-refractivity contribution >= 4 is 17.6 Å². The first kappa shape index (κ1) is 14.8. The Hall–Kier alpha value is -1.23. The van der Waals surface area contributed by atoms with Gasteiger partial charge in [-0.05, 0) is 35.9 Å². The van der Waals surface area contributed by atoms with E-state index in [1.807, 2.05) is 0 Å². The molecule has 1 aromatic rings. The zero-order valence-electron chi connectivity index (χ0n) is 10.5. The molecule has 0 amide bonds. The van der Waals surface area contributed by atoms with Crippen LogP contribution in [0.3, 0.4) is 0 Å². The highest BCUT2D eigenvalue weighted by Crippen LogP contribution is 2.17. The summed E-state index contributed by atoms with van der Waals surface area (Å²) in [4.78, 5) is 0. The van der Waals surface area contributed by atoms with E-state index < -0.39 is 0 Å². The molecule has 0 atom stereocenters. The lowest BCUT2D eigenvalue weighted by Crippen LogP contribution is -2.13. The average Bonchev–Trinajstić information content (AvgIpc) is 2.37. The summed E-state index contributed by atoms with van der Waals surface area (Å²) >= 11 is 1.77. The SMILES string of the molecule is CCCCCSCc1cc(F)cc(/C(N)=N/O)c1. The molecular formula is C13H19FN2OS. The van der Waals surface area contributed by atoms with E-state index >= 15 is 0 Å². The van der Waals surface area contributed by atoms with Crippen LogP contribution in [0, 0.1) is 5.82 Å². The maximum absolute atomic E-state index is 13.4. The monoisotopic (exact) mass is 270 g/mol. The molecule has 0 bridgehead atoms. The third-order valence-corrected chi connectivity index (χ3v) is 3.64. The second-order valence-electron chi connectivity index (χ2n) is 4.09. The van der Waals surface area contributed by atoms with Crippen LogP contribution in [0.15, 0.2) is 23.4 Å². The van der Waals surface area contributed by atoms with Crippen LogP contribution < -0.4 is 5.73 Å². The summed E-state index contributed by atoms with van der Waals surface area (Å²) < 4.78 is 13.4. The van der Waals surface area contributed by atoms with Gasteiger partial charge in [0.25, 0.3) is 0 Å². The Labute approximate surface area is 111 Å². The van der Waals surface area contributed by atoms with Crippen LogP contribution >= 0.6 is 11.8 Å². The van der Waals surface area contributed by atoms with Gasteiger partial charge < -0.3 is 10.9 Å². The van der Waals surface area contributed by atoms with Crippen LogP contribution in [0.25, 0.3) is 0 Å². The lowest BCUT2D eigenvalue weighted by molar-refractivity contribution is 0.318. The van der Waals surface area contributed by atoms with Crippen molar-refractivity contribution in [1.29, 1.82) is 0 Å². The van der Waals surface area contributed by atoms with Crippen molar-refractivity contribution < 1.29 is 9.60 Å². The van der Waals surface area contributed by atoms with Crippen molar-refractivity contribution in [3.8, 4) is 0 Å². The Morgan fingerprint density at radius 1 is 1.39 bits per heavy atom. The number of hydrogen-bond acceptors (Lipinski definition) is 3. The first-order valence-electron chi connectivity index (χ1n) is 6.02. The highest BCUT2D eigenvalue weighted by Gasteiger charge is 2.05. The molecule has 0 radical (unpaired) electrons. The van der Waals surface area contributed by atoms with E-state index in [1.165, 1.54) is 31.4 Å². The quantitative estimate of drug-likeness (QED) is 0.263. The molecule has 0 saturated heterocycles. The number of hydrogen-bond donors (Lipinski definition) is 2. The second-order valence-corrected chi connectivity index (χ2v) is 5.20. The Kier molecular flexibility index (Phi) is 6.57. The molecule has 18 heavy (non-hydrogen) atoms. The first-order valence-corrected chi connectivity index (χ1v) is 7.18. The van der Waals surface area contributed by atoms with Crippen molar-refractivity contribution in [1.82, 2.24) is 0 Å². The molecule has 0 spiro atoms. The highest BCUT2D eigenvalue weighted by molar-refractivity contribution is 7.98. The van der Waals surface area contributed by atoms with E-state index in [-0.39, 0.29) is 11.7 Å². The number of amidine groups is 1. The van der Waals surface area contributed by atoms with E-state index in [1.54, 1.807) is 17.8 Å². The van der Waals surface area contributed by atoms with Crippen molar-refractivity contribution in [3.05, 3.63) is 35.1 Å². The predicted octanol–water partition coefficient (Wildman–Crippen LogP) is 3.34. The van der Waals surface area contributed by atoms with Crippen LogP contribution in [-0.2, 0) is 5.75 Å². The third kappa shape index (κ3) is 4.96. The largest absolute Gasteiger partial charge is 0.409 e. The molecule has 100 valence electrons. The smallest absolute Gasteiger partial charge is 0.170 e. The fourth-order valence-corrected chi connectivity index (χ4v) is 2.54. The van der Waals surface area contributed by atoms with Gasteiger partial charge in [0.05, 0.1) is 0 Å². The van der Waals surface area contributed by atoms with Crippen LogP contribution in [0.5, 0.6) is 0 Å². The Balaban J connectivity index is 2.58. The molecule has 5 heteroatoms. The first-order chi connectivity index (χ1) is 8.67. The van der Waals surface area contributed by atoms with Gasteiger partial charge in [0.1, 0.15) is 5.82 Å². The molecule has 0 aliphatic rings. The topological polar surface area (TPSA) is 58.6 Å². The Bertz CT molecular complexity index is 410. The van der Waals surface area contributed by atoms with Gasteiger partial charge in [0.15, 0.2) is 5.84 Å². The van der Waals surface area contributed by atoms with Crippen molar-refractivity contribution in [2.45, 2.75) is 31.9 Å². The number of oxime groups is 1. The molecular weight excluding hydrogens is 251 g/mol. The van der Waals surface area contributed by atoms with Crippen molar-refractivity contribution in [2.24, 2.45) is 10.9 Å². The summed E-state index contributed by atoms with van der Waals surface area (Å²) in [6.45, 7) is 2.17. The molecule has 1 aromatic carbocycles. The number of halogens is 1. The van der Waals surface area contributed by atoms with Crippen molar-refractivity contribution in [3.63, 3.8) is 0 Å². The standard InChI is InChI=1S/C13H19FN2OS/c1-2-3-4-5-18-9-10-6-11(13(15)16-17)8-12(14)7-10/h6-8,17H,2-5,9H2,1H3,(H2,15,16). The van der Waals surface area contributed by atoms with Gasteiger partial charge in [0, 0.05) is 11.3 Å². The van der Waals surface area contributed by atoms with Crippen LogP contribution in [0.4, 0.5) is 4.39 Å². The summed E-state index contributed by atoms with van der Waals surface area (Å²) in [5.74, 6) is 1.39. The summed E-state index contributed by atoms with van der Waals surface area (Å²) in [6, 6.07) is 4.51. The minimum Gasteiger partial charge on any atom is -0.409 e. The normalized spacial score (nSPS) is 11.8. The number of nitrogens with two attached hydrogens (primary N) is 1. The number of thioether (sulfide) groups is 1. The van der Waals surface area contributed by atoms with Crippen LogP contribution in [0.2, 0.25) is 0 Å². The van der Waals surface area contributed by atoms with E-state index in [2.05, 4.69) is 12.1 Å². The minimum atomic E-state index is -0.358. The molecule has 0 aliphatic heterocycles. The maximum atomic E-state index is 13.4. The molecule has 3 nitrogen and oxygen atoms in total. The number of unbranched alkanes of at least 4 members (excludes halogenated alkanes) is 2. The number of rotatable bonds is 7. The van der Waals surface area contributed by atoms with E-state index in [9.17, 15) is 4.39 Å². The average molecular weight is 270 g/mol. The maximum Gasteiger partial charge on any atom is 0.170 e. The third-order valence-electron chi connectivity index (χ3n) is 2.52. The van der Waals surface area contributed by atoms with Crippen molar-refractivity contribution in [2.75, 3.05) is 5.75 Å². The molecule has 0 fully saturated rings. The summed E-state index contributed by atoms with van der Waals surface area (Å²) in [7, 11) is 0. The van der Waals surface area contributed by atoms with E-state index in [0.717, 1.165) is 17.1 Å². The van der Waals surface area contributed by atoms with Gasteiger partial charge in [-0.25, -0.2) is 4.39 Å². The lowest BCUT2D eigenvalue weighted by atomic mass is 10.1. The molecule has 3 N–H and O–H groups in total.